The van der Waals surface area contributed by atoms with Crippen LogP contribution in [0.25, 0.3) is 0 Å². The molecule has 63 heavy (non-hydrogen) atoms. The second kappa shape index (κ2) is 52.0. The number of unbranched alkanes of at least 4 members (excludes halogenated alkanes) is 30. The molecule has 0 unspecified atom stereocenters. The Labute approximate surface area is 390 Å². The first-order valence-electron chi connectivity index (χ1n) is 27.1. The molecule has 0 spiro atoms. The van der Waals surface area contributed by atoms with Crippen molar-refractivity contribution >= 4 is 17.9 Å². The van der Waals surface area contributed by atoms with E-state index in [9.17, 15) is 14.4 Å². The molecule has 6 heteroatoms. The molecule has 366 valence electrons. The van der Waals surface area contributed by atoms with Crippen LogP contribution in [0.5, 0.6) is 0 Å². The standard InChI is InChI=1S/C57H102O6/c1-4-7-10-13-16-19-22-25-27-28-29-30-31-33-35-38-41-44-47-50-56(59)62-53-54(52-61-55(58)49-46-43-40-37-34-24-21-18-15-12-9-6-3)63-57(60)51-48-45-42-39-36-32-26-23-20-17-14-11-8-5-2/h16,19,25,27,29-30,33,35,54H,4-15,17-18,20-24,26,28,31-32,34,36-53H2,1-3H3/b19-16-,27-25-,30-29-,35-33-/t54-/m1/s1. The van der Waals surface area contributed by atoms with Crippen LogP contribution in [-0.4, -0.2) is 37.2 Å². The van der Waals surface area contributed by atoms with Gasteiger partial charge in [0.1, 0.15) is 13.2 Å². The van der Waals surface area contributed by atoms with Gasteiger partial charge in [-0.15, -0.1) is 0 Å². The second-order valence-electron chi connectivity index (χ2n) is 18.2. The van der Waals surface area contributed by atoms with Crippen molar-refractivity contribution in [3.8, 4) is 0 Å². The number of allylic oxidation sites excluding steroid dienone is 8. The number of hydrogen-bond acceptors (Lipinski definition) is 6. The molecule has 0 amide bonds. The van der Waals surface area contributed by atoms with Crippen LogP contribution in [0.4, 0.5) is 0 Å². The molecule has 0 saturated carbocycles. The van der Waals surface area contributed by atoms with Crippen LogP contribution in [0.1, 0.15) is 278 Å². The molecule has 0 radical (unpaired) electrons. The van der Waals surface area contributed by atoms with E-state index in [0.717, 1.165) is 83.5 Å². The molecular formula is C57H102O6. The monoisotopic (exact) mass is 883 g/mol. The third-order valence-corrected chi connectivity index (χ3v) is 11.8. The van der Waals surface area contributed by atoms with E-state index in [2.05, 4.69) is 69.4 Å². The highest BCUT2D eigenvalue weighted by atomic mass is 16.6. The zero-order chi connectivity index (χ0) is 45.8. The third-order valence-electron chi connectivity index (χ3n) is 11.8. The van der Waals surface area contributed by atoms with Gasteiger partial charge >= 0.3 is 17.9 Å². The molecule has 6 nitrogen and oxygen atoms in total. The van der Waals surface area contributed by atoms with Gasteiger partial charge in [0, 0.05) is 19.3 Å². The molecule has 0 aliphatic heterocycles. The van der Waals surface area contributed by atoms with Gasteiger partial charge < -0.3 is 14.2 Å². The van der Waals surface area contributed by atoms with Crippen molar-refractivity contribution in [2.45, 2.75) is 284 Å². The number of esters is 3. The number of rotatable bonds is 49. The van der Waals surface area contributed by atoms with E-state index in [0.29, 0.717) is 19.3 Å². The molecule has 0 aromatic carbocycles. The normalized spacial score (nSPS) is 12.4. The Morgan fingerprint density at radius 3 is 0.921 bits per heavy atom. The van der Waals surface area contributed by atoms with Crippen molar-refractivity contribution in [3.05, 3.63) is 48.6 Å². The first-order valence-corrected chi connectivity index (χ1v) is 27.1. The summed E-state index contributed by atoms with van der Waals surface area (Å²) in [5.41, 5.74) is 0. The lowest BCUT2D eigenvalue weighted by molar-refractivity contribution is -0.167. The molecule has 0 aromatic rings. The molecule has 0 heterocycles. The number of carbonyl (C=O) groups is 3. The zero-order valence-electron chi connectivity index (χ0n) is 41.8. The molecule has 0 aliphatic rings. The van der Waals surface area contributed by atoms with E-state index in [4.69, 9.17) is 14.2 Å². The fraction of sp³-hybridized carbons (Fsp3) is 0.807. The highest BCUT2D eigenvalue weighted by Gasteiger charge is 2.19. The van der Waals surface area contributed by atoms with E-state index in [-0.39, 0.29) is 31.1 Å². The van der Waals surface area contributed by atoms with Crippen molar-refractivity contribution in [1.82, 2.24) is 0 Å². The van der Waals surface area contributed by atoms with Crippen LogP contribution in [0.15, 0.2) is 48.6 Å². The maximum atomic E-state index is 12.8. The van der Waals surface area contributed by atoms with Crippen LogP contribution in [0.2, 0.25) is 0 Å². The summed E-state index contributed by atoms with van der Waals surface area (Å²) in [4.78, 5) is 38.0. The Balaban J connectivity index is 4.39. The minimum atomic E-state index is -0.781. The van der Waals surface area contributed by atoms with Crippen LogP contribution in [0.3, 0.4) is 0 Å². The summed E-state index contributed by atoms with van der Waals surface area (Å²) in [7, 11) is 0. The van der Waals surface area contributed by atoms with Crippen LogP contribution < -0.4 is 0 Å². The predicted octanol–water partition coefficient (Wildman–Crippen LogP) is 17.9. The van der Waals surface area contributed by atoms with Gasteiger partial charge in [-0.25, -0.2) is 0 Å². The van der Waals surface area contributed by atoms with Gasteiger partial charge in [0.2, 0.25) is 0 Å². The maximum absolute atomic E-state index is 12.8. The molecule has 0 fully saturated rings. The predicted molar refractivity (Wildman–Crippen MR) is 270 cm³/mol. The van der Waals surface area contributed by atoms with Gasteiger partial charge in [-0.05, 0) is 64.2 Å². The van der Waals surface area contributed by atoms with Crippen LogP contribution >= 0.6 is 0 Å². The smallest absolute Gasteiger partial charge is 0.306 e. The molecule has 0 saturated heterocycles. The fourth-order valence-electron chi connectivity index (χ4n) is 7.72. The average Bonchev–Trinajstić information content (AvgIpc) is 3.28. The first kappa shape index (κ1) is 60.4. The van der Waals surface area contributed by atoms with Gasteiger partial charge in [0.05, 0.1) is 0 Å². The zero-order valence-corrected chi connectivity index (χ0v) is 41.8. The third kappa shape index (κ3) is 50.2. The summed E-state index contributed by atoms with van der Waals surface area (Å²) in [5.74, 6) is -0.900. The van der Waals surface area contributed by atoms with Gasteiger partial charge in [-0.2, -0.15) is 0 Å². The van der Waals surface area contributed by atoms with E-state index < -0.39 is 6.10 Å². The molecule has 0 aromatic heterocycles. The summed E-state index contributed by atoms with van der Waals surface area (Å²) in [5, 5.41) is 0. The Morgan fingerprint density at radius 2 is 0.571 bits per heavy atom. The van der Waals surface area contributed by atoms with Crippen molar-refractivity contribution in [3.63, 3.8) is 0 Å². The number of ether oxygens (including phenoxy) is 3. The lowest BCUT2D eigenvalue weighted by Gasteiger charge is -2.18. The van der Waals surface area contributed by atoms with E-state index in [1.54, 1.807) is 0 Å². The molecule has 0 rings (SSSR count). The summed E-state index contributed by atoms with van der Waals surface area (Å²) >= 11 is 0. The van der Waals surface area contributed by atoms with E-state index >= 15 is 0 Å². The van der Waals surface area contributed by atoms with Crippen molar-refractivity contribution in [2.24, 2.45) is 0 Å². The van der Waals surface area contributed by atoms with Crippen molar-refractivity contribution in [1.29, 1.82) is 0 Å². The van der Waals surface area contributed by atoms with Crippen LogP contribution in [-0.2, 0) is 28.6 Å². The molecule has 0 N–H and O–H groups in total. The molecule has 0 aliphatic carbocycles. The summed E-state index contributed by atoms with van der Waals surface area (Å²) in [6.07, 6.45) is 62.3. The summed E-state index contributed by atoms with van der Waals surface area (Å²) in [6.45, 7) is 6.60. The highest BCUT2D eigenvalue weighted by molar-refractivity contribution is 5.71. The lowest BCUT2D eigenvalue weighted by atomic mass is 10.0. The molecular weight excluding hydrogens is 781 g/mol. The topological polar surface area (TPSA) is 78.9 Å². The quantitative estimate of drug-likeness (QED) is 0.0262. The average molecular weight is 883 g/mol. The molecule has 0 bridgehead atoms. The first-order chi connectivity index (χ1) is 31.0. The minimum absolute atomic E-state index is 0.0794. The molecule has 1 atom stereocenters. The number of hydrogen-bond donors (Lipinski definition) is 0. The summed E-state index contributed by atoms with van der Waals surface area (Å²) < 4.78 is 16.8. The van der Waals surface area contributed by atoms with Gasteiger partial charge in [0.15, 0.2) is 6.10 Å². The highest BCUT2D eigenvalue weighted by Crippen LogP contribution is 2.16. The SMILES string of the molecule is CCCCC/C=C\C/C=C\C/C=C\C/C=C\CCCCCC(=O)OC[C@@H](COC(=O)CCCCCCCCCCCCCC)OC(=O)CCCCCCCCCCCCCCCC. The summed E-state index contributed by atoms with van der Waals surface area (Å²) in [6, 6.07) is 0. The Hall–Kier alpha value is -2.63. The van der Waals surface area contributed by atoms with Gasteiger partial charge in [0.25, 0.3) is 0 Å². The Kier molecular flexibility index (Phi) is 49.8. The second-order valence-corrected chi connectivity index (χ2v) is 18.2. The Bertz CT molecular complexity index is 1110. The van der Waals surface area contributed by atoms with Crippen molar-refractivity contribution < 1.29 is 28.6 Å². The number of carbonyl (C=O) groups excluding carboxylic acids is 3. The largest absolute Gasteiger partial charge is 0.462 e. The van der Waals surface area contributed by atoms with Crippen LogP contribution in [0, 0.1) is 0 Å². The van der Waals surface area contributed by atoms with E-state index in [1.807, 2.05) is 0 Å². The van der Waals surface area contributed by atoms with Crippen molar-refractivity contribution in [2.75, 3.05) is 13.2 Å². The van der Waals surface area contributed by atoms with E-state index in [1.165, 1.54) is 154 Å². The maximum Gasteiger partial charge on any atom is 0.306 e. The fourth-order valence-corrected chi connectivity index (χ4v) is 7.72. The Morgan fingerprint density at radius 1 is 0.317 bits per heavy atom. The van der Waals surface area contributed by atoms with Gasteiger partial charge in [-0.3, -0.25) is 14.4 Å². The van der Waals surface area contributed by atoms with Gasteiger partial charge in [-0.1, -0.05) is 243 Å². The lowest BCUT2D eigenvalue weighted by Crippen LogP contribution is -2.30. The minimum Gasteiger partial charge on any atom is -0.462 e.